The van der Waals surface area contributed by atoms with Gasteiger partial charge in [0, 0.05) is 6.42 Å². The van der Waals surface area contributed by atoms with Crippen molar-refractivity contribution in [1.29, 1.82) is 0 Å². The van der Waals surface area contributed by atoms with Crippen LogP contribution in [-0.4, -0.2) is 69.9 Å². The van der Waals surface area contributed by atoms with E-state index in [1.54, 1.807) is 13.8 Å². The second-order valence-corrected chi connectivity index (χ2v) is 7.53. The van der Waals surface area contributed by atoms with Gasteiger partial charge in [0.15, 0.2) is 0 Å². The van der Waals surface area contributed by atoms with E-state index >= 15 is 0 Å². The number of nitrogens with two attached hydrogens (primary N) is 2. The summed E-state index contributed by atoms with van der Waals surface area (Å²) in [5, 5.41) is 24.8. The predicted octanol–water partition coefficient (Wildman–Crippen LogP) is -2.34. The third-order valence-electron chi connectivity index (χ3n) is 4.12. The Kier molecular flexibility index (Phi) is 11.8. The van der Waals surface area contributed by atoms with Crippen LogP contribution < -0.4 is 27.4 Å². The van der Waals surface area contributed by atoms with E-state index in [9.17, 15) is 28.8 Å². The Hall–Kier alpha value is -3.22. The van der Waals surface area contributed by atoms with Crippen molar-refractivity contribution in [3.63, 3.8) is 0 Å². The Morgan fingerprint density at radius 2 is 1.39 bits per heavy atom. The number of carboxylic acid groups (broad SMARTS) is 2. The maximum atomic E-state index is 12.6. The van der Waals surface area contributed by atoms with Crippen molar-refractivity contribution in [2.45, 2.75) is 70.6 Å². The van der Waals surface area contributed by atoms with Gasteiger partial charge >= 0.3 is 11.9 Å². The van der Waals surface area contributed by atoms with Crippen molar-refractivity contribution in [3.8, 4) is 0 Å². The number of hydrogen-bond acceptors (Lipinski definition) is 7. The fourth-order valence-corrected chi connectivity index (χ4v) is 2.48. The van der Waals surface area contributed by atoms with Crippen LogP contribution in [0.15, 0.2) is 0 Å². The minimum atomic E-state index is -1.38. The molecule has 0 aliphatic rings. The van der Waals surface area contributed by atoms with Crippen LogP contribution in [0.2, 0.25) is 0 Å². The van der Waals surface area contributed by atoms with Crippen molar-refractivity contribution in [2.24, 2.45) is 17.4 Å². The first-order valence-electron chi connectivity index (χ1n) is 9.64. The number of amides is 4. The fourth-order valence-electron chi connectivity index (χ4n) is 2.48. The Morgan fingerprint density at radius 1 is 0.839 bits per heavy atom. The number of hydrogen-bond donors (Lipinski definition) is 7. The molecule has 0 aliphatic heterocycles. The molecule has 0 aromatic carbocycles. The summed E-state index contributed by atoms with van der Waals surface area (Å²) in [7, 11) is 0. The van der Waals surface area contributed by atoms with Gasteiger partial charge in [-0.15, -0.1) is 0 Å². The van der Waals surface area contributed by atoms with E-state index in [-0.39, 0.29) is 25.2 Å². The number of rotatable bonds is 14. The Labute approximate surface area is 179 Å². The van der Waals surface area contributed by atoms with Crippen LogP contribution in [0.4, 0.5) is 0 Å². The molecule has 0 aromatic rings. The molecule has 13 heteroatoms. The molecule has 176 valence electrons. The average molecular weight is 445 g/mol. The van der Waals surface area contributed by atoms with Crippen LogP contribution in [0.5, 0.6) is 0 Å². The highest BCUT2D eigenvalue weighted by molar-refractivity contribution is 5.94. The molecule has 0 fully saturated rings. The molecule has 0 rings (SSSR count). The van der Waals surface area contributed by atoms with Gasteiger partial charge in [-0.3, -0.25) is 24.0 Å². The van der Waals surface area contributed by atoms with Gasteiger partial charge in [-0.1, -0.05) is 13.8 Å². The third-order valence-corrected chi connectivity index (χ3v) is 4.12. The predicted molar refractivity (Wildman–Crippen MR) is 107 cm³/mol. The van der Waals surface area contributed by atoms with E-state index < -0.39 is 66.2 Å². The molecule has 9 N–H and O–H groups in total. The van der Waals surface area contributed by atoms with E-state index in [2.05, 4.69) is 16.0 Å². The van der Waals surface area contributed by atoms with E-state index in [0.29, 0.717) is 0 Å². The third kappa shape index (κ3) is 11.5. The zero-order valence-electron chi connectivity index (χ0n) is 17.7. The molecule has 4 atom stereocenters. The molecule has 4 unspecified atom stereocenters. The van der Waals surface area contributed by atoms with E-state index in [4.69, 9.17) is 21.7 Å². The first kappa shape index (κ1) is 27.8. The molecule has 0 heterocycles. The van der Waals surface area contributed by atoms with Crippen molar-refractivity contribution in [2.75, 3.05) is 0 Å². The fraction of sp³-hybridized carbons (Fsp3) is 0.667. The summed E-state index contributed by atoms with van der Waals surface area (Å²) < 4.78 is 0. The van der Waals surface area contributed by atoms with E-state index in [1.807, 2.05) is 0 Å². The SMILES string of the molecule is CC(C)CC(NC(=O)C(N)CC(=O)O)C(=O)NC(C)C(=O)NC(CCC(N)=O)C(=O)O. The lowest BCUT2D eigenvalue weighted by molar-refractivity contribution is -0.142. The summed E-state index contributed by atoms with van der Waals surface area (Å²) in [6.07, 6.45) is -0.910. The first-order valence-corrected chi connectivity index (χ1v) is 9.64. The van der Waals surface area contributed by atoms with Crippen molar-refractivity contribution in [1.82, 2.24) is 16.0 Å². The van der Waals surface area contributed by atoms with Gasteiger partial charge in [-0.25, -0.2) is 4.79 Å². The summed E-state index contributed by atoms with van der Waals surface area (Å²) in [5.41, 5.74) is 10.5. The maximum absolute atomic E-state index is 12.6. The lowest BCUT2D eigenvalue weighted by atomic mass is 10.0. The molecule has 0 saturated heterocycles. The molecule has 0 aliphatic carbocycles. The van der Waals surface area contributed by atoms with Crippen LogP contribution in [0.3, 0.4) is 0 Å². The van der Waals surface area contributed by atoms with E-state index in [0.717, 1.165) is 0 Å². The zero-order valence-corrected chi connectivity index (χ0v) is 17.7. The molecule has 0 saturated carbocycles. The van der Waals surface area contributed by atoms with Gasteiger partial charge in [-0.2, -0.15) is 0 Å². The number of carbonyl (C=O) groups is 6. The molecule has 31 heavy (non-hydrogen) atoms. The normalized spacial score (nSPS) is 14.6. The zero-order chi connectivity index (χ0) is 24.3. The minimum Gasteiger partial charge on any atom is -0.481 e. The van der Waals surface area contributed by atoms with Crippen molar-refractivity contribution < 1.29 is 39.0 Å². The molecule has 0 spiro atoms. The lowest BCUT2D eigenvalue weighted by Crippen LogP contribution is -2.56. The summed E-state index contributed by atoms with van der Waals surface area (Å²) in [5.74, 6) is -5.79. The Balaban J connectivity index is 5.07. The molecule has 0 aromatic heterocycles. The molecular weight excluding hydrogens is 414 g/mol. The lowest BCUT2D eigenvalue weighted by Gasteiger charge is -2.24. The standard InChI is InChI=1S/C18H31N5O8/c1-8(2)6-12(23-16(28)10(19)7-14(25)26)17(29)21-9(3)15(27)22-11(18(30)31)4-5-13(20)24/h8-12H,4-7,19H2,1-3H3,(H2,20,24)(H,21,29)(H,22,27)(H,23,28)(H,25,26)(H,30,31). The molecule has 0 radical (unpaired) electrons. The summed E-state index contributed by atoms with van der Waals surface area (Å²) in [6.45, 7) is 4.89. The molecule has 4 amide bonds. The summed E-state index contributed by atoms with van der Waals surface area (Å²) in [4.78, 5) is 69.7. The quantitative estimate of drug-likeness (QED) is 0.151. The summed E-state index contributed by atoms with van der Waals surface area (Å²) in [6, 6.07) is -4.99. The summed E-state index contributed by atoms with van der Waals surface area (Å²) >= 11 is 0. The second-order valence-electron chi connectivity index (χ2n) is 7.53. The Morgan fingerprint density at radius 3 is 1.84 bits per heavy atom. The minimum absolute atomic E-state index is 0.0407. The number of carbonyl (C=O) groups excluding carboxylic acids is 4. The van der Waals surface area contributed by atoms with E-state index in [1.165, 1.54) is 6.92 Å². The van der Waals surface area contributed by atoms with Gasteiger partial charge in [0.1, 0.15) is 18.1 Å². The highest BCUT2D eigenvalue weighted by atomic mass is 16.4. The van der Waals surface area contributed by atoms with Crippen LogP contribution >= 0.6 is 0 Å². The molecular formula is C18H31N5O8. The first-order chi connectivity index (χ1) is 14.2. The van der Waals surface area contributed by atoms with Crippen LogP contribution in [0.25, 0.3) is 0 Å². The second kappa shape index (κ2) is 13.2. The number of carboxylic acids is 2. The van der Waals surface area contributed by atoms with Crippen molar-refractivity contribution in [3.05, 3.63) is 0 Å². The highest BCUT2D eigenvalue weighted by Crippen LogP contribution is 2.07. The van der Waals surface area contributed by atoms with Crippen molar-refractivity contribution >= 4 is 35.6 Å². The number of aliphatic carboxylic acids is 2. The maximum Gasteiger partial charge on any atom is 0.326 e. The topological polar surface area (TPSA) is 231 Å². The molecule has 0 bridgehead atoms. The Bertz CT molecular complexity index is 696. The van der Waals surface area contributed by atoms with Crippen LogP contribution in [0.1, 0.15) is 46.5 Å². The van der Waals surface area contributed by atoms with Gasteiger partial charge in [0.25, 0.3) is 0 Å². The van der Waals surface area contributed by atoms with Gasteiger partial charge < -0.3 is 37.6 Å². The largest absolute Gasteiger partial charge is 0.481 e. The highest BCUT2D eigenvalue weighted by Gasteiger charge is 2.29. The smallest absolute Gasteiger partial charge is 0.326 e. The van der Waals surface area contributed by atoms with Crippen LogP contribution in [-0.2, 0) is 28.8 Å². The number of nitrogens with one attached hydrogen (secondary N) is 3. The average Bonchev–Trinajstić information content (AvgIpc) is 2.62. The van der Waals surface area contributed by atoms with Gasteiger partial charge in [0.2, 0.25) is 23.6 Å². The number of primary amides is 1. The van der Waals surface area contributed by atoms with Gasteiger partial charge in [-0.05, 0) is 25.7 Å². The molecule has 13 nitrogen and oxygen atoms in total. The monoisotopic (exact) mass is 445 g/mol. The van der Waals surface area contributed by atoms with Crippen LogP contribution in [0, 0.1) is 5.92 Å². The van der Waals surface area contributed by atoms with Gasteiger partial charge in [0.05, 0.1) is 12.5 Å².